The maximum atomic E-state index is 8.12. The van der Waals surface area contributed by atoms with Gasteiger partial charge in [-0.1, -0.05) is 0 Å². The van der Waals surface area contributed by atoms with Gasteiger partial charge in [0.2, 0.25) is 0 Å². The second-order valence-corrected chi connectivity index (χ2v) is 0.0833. The quantitative estimate of drug-likeness (QED) is 0.464. The van der Waals surface area contributed by atoms with Gasteiger partial charge in [-0.25, -0.2) is 0 Å². The van der Waals surface area contributed by atoms with Crippen molar-refractivity contribution in [2.24, 2.45) is 0 Å². The molecule has 0 aliphatic carbocycles. The standard InChI is InChI=1S/CO2.AsH3.BrH/c2-1-3;;/h;1H3;1H. The van der Waals surface area contributed by atoms with E-state index >= 15 is 0 Å². The summed E-state index contributed by atoms with van der Waals surface area (Å²) in [5, 5.41) is 0. The first-order chi connectivity index (χ1) is 1.41. The van der Waals surface area contributed by atoms with E-state index in [4.69, 9.17) is 9.59 Å². The molecule has 4 heteroatoms. The third kappa shape index (κ3) is 148. The molecule has 0 saturated carbocycles. The first kappa shape index (κ1) is 18.1. The summed E-state index contributed by atoms with van der Waals surface area (Å²) < 4.78 is 0. The van der Waals surface area contributed by atoms with Gasteiger partial charge < -0.3 is 0 Å². The first-order valence-corrected chi connectivity index (χ1v) is 0.408. The van der Waals surface area contributed by atoms with Crippen LogP contribution in [0.15, 0.2) is 0 Å². The Hall–Kier alpha value is 0.418. The zero-order valence-corrected chi connectivity index (χ0v) is 7.11. The van der Waals surface area contributed by atoms with Crippen LogP contribution in [0.2, 0.25) is 0 Å². The fourth-order valence-corrected chi connectivity index (χ4v) is 0. The molecular weight excluding hydrogens is 199 g/mol. The van der Waals surface area contributed by atoms with Crippen LogP contribution < -0.4 is 0 Å². The molecule has 0 aromatic heterocycles. The molecule has 0 N–H and O–H groups in total. The van der Waals surface area contributed by atoms with Gasteiger partial charge >= 0.3 is 24.1 Å². The first-order valence-electron chi connectivity index (χ1n) is 0.408. The molecule has 5 heavy (non-hydrogen) atoms. The third-order valence-corrected chi connectivity index (χ3v) is 0. The van der Waals surface area contributed by atoms with Crippen LogP contribution in [0.5, 0.6) is 0 Å². The molecule has 0 bridgehead atoms. The number of hydrogen-bond acceptors (Lipinski definition) is 2. The third-order valence-electron chi connectivity index (χ3n) is 0. The van der Waals surface area contributed by atoms with Crippen LogP contribution in [0.4, 0.5) is 0 Å². The van der Waals surface area contributed by atoms with E-state index in [0.29, 0.717) is 0 Å². The van der Waals surface area contributed by atoms with Crippen LogP contribution >= 0.6 is 17.0 Å². The zero-order valence-electron chi connectivity index (χ0n) is 2.43. The van der Waals surface area contributed by atoms with E-state index in [2.05, 4.69) is 0 Å². The second kappa shape index (κ2) is 25.7. The summed E-state index contributed by atoms with van der Waals surface area (Å²) in [4.78, 5) is 16.2. The Morgan fingerprint density at radius 1 is 1.20 bits per heavy atom. The number of hydrogen-bond donors (Lipinski definition) is 0. The molecule has 0 aliphatic heterocycles. The fourth-order valence-electron chi connectivity index (χ4n) is 0. The van der Waals surface area contributed by atoms with Gasteiger partial charge in [0.15, 0.2) is 0 Å². The molecular formula is CH4AsBrO2. The molecule has 1 unspecified atom stereocenters. The summed E-state index contributed by atoms with van der Waals surface area (Å²) >= 11 is 0. The molecule has 0 aromatic rings. The summed E-state index contributed by atoms with van der Waals surface area (Å²) in [6, 6.07) is 0. The summed E-state index contributed by atoms with van der Waals surface area (Å²) in [5.74, 6) is 0. The van der Waals surface area contributed by atoms with Crippen LogP contribution in [-0.2, 0) is 9.59 Å². The van der Waals surface area contributed by atoms with Crippen LogP contribution in [0.1, 0.15) is 0 Å². The summed E-state index contributed by atoms with van der Waals surface area (Å²) in [6.07, 6.45) is 0.250. The monoisotopic (exact) mass is 202 g/mol. The van der Waals surface area contributed by atoms with E-state index in [9.17, 15) is 0 Å². The van der Waals surface area contributed by atoms with Crippen molar-refractivity contribution in [3.05, 3.63) is 0 Å². The summed E-state index contributed by atoms with van der Waals surface area (Å²) in [6.45, 7) is 0. The number of halogens is 1. The Morgan fingerprint density at radius 2 is 1.20 bits per heavy atom. The van der Waals surface area contributed by atoms with Gasteiger partial charge in [0.1, 0.15) is 0 Å². The Labute approximate surface area is 51.0 Å². The Bertz CT molecular complexity index is 30.6. The average Bonchev–Trinajstić information content (AvgIpc) is 0.918. The van der Waals surface area contributed by atoms with Crippen molar-refractivity contribution < 1.29 is 9.59 Å². The van der Waals surface area contributed by atoms with Gasteiger partial charge in [0.05, 0.1) is 0 Å². The molecule has 0 aromatic carbocycles. The van der Waals surface area contributed by atoms with Crippen molar-refractivity contribution >= 4 is 41.1 Å². The van der Waals surface area contributed by atoms with E-state index in [0.717, 1.165) is 0 Å². The summed E-state index contributed by atoms with van der Waals surface area (Å²) in [5.41, 5.74) is 0. The van der Waals surface area contributed by atoms with E-state index in [1.54, 1.807) is 0 Å². The minimum atomic E-state index is 0. The van der Waals surface area contributed by atoms with Crippen molar-refractivity contribution in [2.75, 3.05) is 0 Å². The van der Waals surface area contributed by atoms with E-state index < -0.39 is 0 Å². The van der Waals surface area contributed by atoms with Crippen LogP contribution in [0.25, 0.3) is 0 Å². The second-order valence-electron chi connectivity index (χ2n) is 0.0833. The van der Waals surface area contributed by atoms with E-state index in [1.165, 1.54) is 0 Å². The predicted molar refractivity (Wildman–Crippen MR) is 25.3 cm³/mol. The Morgan fingerprint density at radius 3 is 1.20 bits per heavy atom. The molecule has 0 radical (unpaired) electrons. The molecule has 1 atom stereocenters. The molecule has 0 spiro atoms. The van der Waals surface area contributed by atoms with Gasteiger partial charge in [0.25, 0.3) is 0 Å². The van der Waals surface area contributed by atoms with Crippen LogP contribution in [0, 0.1) is 0 Å². The average molecular weight is 203 g/mol. The van der Waals surface area contributed by atoms with Crippen LogP contribution in [0.3, 0.4) is 0 Å². The molecule has 0 rings (SSSR count). The molecule has 0 heterocycles. The topological polar surface area (TPSA) is 34.1 Å². The normalized spacial score (nSPS) is 1.60. The van der Waals surface area contributed by atoms with Gasteiger partial charge in [-0.15, -0.1) is 17.0 Å². The van der Waals surface area contributed by atoms with E-state index in [1.807, 2.05) is 0 Å². The zero-order chi connectivity index (χ0) is 2.71. The Kier molecular flexibility index (Phi) is 92.8. The molecule has 0 aliphatic rings. The summed E-state index contributed by atoms with van der Waals surface area (Å²) in [7, 11) is 0. The van der Waals surface area contributed by atoms with Gasteiger partial charge in [-0.3, -0.25) is 0 Å². The predicted octanol–water partition coefficient (Wildman–Crippen LogP) is -1.19. The van der Waals surface area contributed by atoms with E-state index in [-0.39, 0.29) is 41.1 Å². The van der Waals surface area contributed by atoms with Crippen molar-refractivity contribution in [3.63, 3.8) is 0 Å². The minimum absolute atomic E-state index is 0. The SMILES string of the molecule is Br.O=C=O.[AsH3]. The Balaban J connectivity index is -0.0000000200. The van der Waals surface area contributed by atoms with Crippen molar-refractivity contribution in [2.45, 2.75) is 0 Å². The molecule has 0 amide bonds. The van der Waals surface area contributed by atoms with Crippen molar-refractivity contribution in [1.29, 1.82) is 0 Å². The van der Waals surface area contributed by atoms with Crippen LogP contribution in [-0.4, -0.2) is 24.1 Å². The van der Waals surface area contributed by atoms with Gasteiger partial charge in [-0.05, 0) is 0 Å². The molecule has 2 nitrogen and oxygen atoms in total. The number of carbonyl (C=O) groups excluding carboxylic acids is 2. The molecule has 32 valence electrons. The molecule has 0 fully saturated rings. The number of rotatable bonds is 0. The van der Waals surface area contributed by atoms with Gasteiger partial charge in [0, 0.05) is 0 Å². The maximum absolute atomic E-state index is 8.12. The van der Waals surface area contributed by atoms with Crippen molar-refractivity contribution in [3.8, 4) is 0 Å². The van der Waals surface area contributed by atoms with Gasteiger partial charge in [-0.2, -0.15) is 9.59 Å². The van der Waals surface area contributed by atoms with Crippen molar-refractivity contribution in [1.82, 2.24) is 0 Å². The molecule has 0 saturated heterocycles. The fraction of sp³-hybridized carbons (Fsp3) is 0.